The van der Waals surface area contributed by atoms with Crippen molar-refractivity contribution in [3.63, 3.8) is 0 Å². The van der Waals surface area contributed by atoms with Gasteiger partial charge in [-0.05, 0) is 66.1 Å². The Balaban J connectivity index is 1.48. The SMILES string of the molecule is CCCCCOc1ccc(C2/C(=C(/O)c3ccc(OC)cc3)C(=O)C(=O)N2c2nnc(SCc3ccc(F)cc3)s2)cc1. The molecule has 0 radical (unpaired) electrons. The van der Waals surface area contributed by atoms with Crippen LogP contribution in [0.15, 0.2) is 82.7 Å². The van der Waals surface area contributed by atoms with Crippen LogP contribution >= 0.6 is 23.1 Å². The summed E-state index contributed by atoms with van der Waals surface area (Å²) < 4.78 is 24.9. The fourth-order valence-electron chi connectivity index (χ4n) is 4.62. The van der Waals surface area contributed by atoms with Crippen molar-refractivity contribution in [1.29, 1.82) is 0 Å². The van der Waals surface area contributed by atoms with Crippen molar-refractivity contribution in [3.05, 3.63) is 101 Å². The number of ketones is 1. The van der Waals surface area contributed by atoms with Gasteiger partial charge in [0.1, 0.15) is 23.1 Å². The fraction of sp³-hybridized carbons (Fsp3) is 0.250. The van der Waals surface area contributed by atoms with Crippen molar-refractivity contribution in [3.8, 4) is 11.5 Å². The highest BCUT2D eigenvalue weighted by molar-refractivity contribution is 8.00. The summed E-state index contributed by atoms with van der Waals surface area (Å²) in [4.78, 5) is 28.3. The molecule has 1 amide bonds. The van der Waals surface area contributed by atoms with Gasteiger partial charge in [0.2, 0.25) is 5.13 Å². The first-order chi connectivity index (χ1) is 20.9. The summed E-state index contributed by atoms with van der Waals surface area (Å²) in [6.07, 6.45) is 3.11. The van der Waals surface area contributed by atoms with Gasteiger partial charge in [-0.1, -0.05) is 67.1 Å². The quantitative estimate of drug-likeness (QED) is 0.0445. The molecule has 1 saturated heterocycles. The molecule has 1 N–H and O–H groups in total. The summed E-state index contributed by atoms with van der Waals surface area (Å²) in [7, 11) is 1.53. The molecular weight excluding hydrogens is 590 g/mol. The van der Waals surface area contributed by atoms with Crippen LogP contribution in [0, 0.1) is 5.82 Å². The zero-order chi connectivity index (χ0) is 30.3. The average Bonchev–Trinajstić information content (AvgIpc) is 3.60. The Bertz CT molecular complexity index is 1610. The molecule has 0 saturated carbocycles. The van der Waals surface area contributed by atoms with Crippen LogP contribution in [0.25, 0.3) is 5.76 Å². The molecule has 4 aromatic rings. The van der Waals surface area contributed by atoms with Gasteiger partial charge < -0.3 is 14.6 Å². The first-order valence-corrected chi connectivity index (χ1v) is 15.6. The number of thioether (sulfide) groups is 1. The summed E-state index contributed by atoms with van der Waals surface area (Å²) in [5.41, 5.74) is 1.82. The zero-order valence-electron chi connectivity index (χ0n) is 23.7. The molecule has 0 aliphatic carbocycles. The van der Waals surface area contributed by atoms with Gasteiger partial charge in [-0.15, -0.1) is 10.2 Å². The number of rotatable bonds is 12. The highest BCUT2D eigenvalue weighted by Crippen LogP contribution is 2.44. The van der Waals surface area contributed by atoms with E-state index >= 15 is 0 Å². The van der Waals surface area contributed by atoms with Gasteiger partial charge in [-0.3, -0.25) is 14.5 Å². The number of nitrogens with zero attached hydrogens (tertiary/aromatic N) is 3. The summed E-state index contributed by atoms with van der Waals surface area (Å²) in [6.45, 7) is 2.72. The molecule has 11 heteroatoms. The lowest BCUT2D eigenvalue weighted by molar-refractivity contribution is -0.132. The monoisotopic (exact) mass is 619 g/mol. The number of aliphatic hydroxyl groups is 1. The molecule has 8 nitrogen and oxygen atoms in total. The Morgan fingerprint density at radius 1 is 0.977 bits per heavy atom. The van der Waals surface area contributed by atoms with Gasteiger partial charge >= 0.3 is 5.91 Å². The largest absolute Gasteiger partial charge is 0.507 e. The van der Waals surface area contributed by atoms with Gasteiger partial charge in [0.05, 0.1) is 25.3 Å². The number of methoxy groups -OCH3 is 1. The summed E-state index contributed by atoms with van der Waals surface area (Å²) >= 11 is 2.55. The lowest BCUT2D eigenvalue weighted by atomic mass is 9.95. The predicted octanol–water partition coefficient (Wildman–Crippen LogP) is 7.17. The second kappa shape index (κ2) is 13.8. The number of carbonyl (C=O) groups is 2. The Morgan fingerprint density at radius 2 is 1.67 bits per heavy atom. The topological polar surface area (TPSA) is 102 Å². The van der Waals surface area contributed by atoms with Crippen LogP contribution < -0.4 is 14.4 Å². The van der Waals surface area contributed by atoms with E-state index in [4.69, 9.17) is 9.47 Å². The van der Waals surface area contributed by atoms with E-state index in [2.05, 4.69) is 17.1 Å². The molecule has 1 unspecified atom stereocenters. The third-order valence-electron chi connectivity index (χ3n) is 6.90. The van der Waals surface area contributed by atoms with Gasteiger partial charge in [-0.25, -0.2) is 4.39 Å². The normalized spacial score (nSPS) is 16.1. The van der Waals surface area contributed by atoms with Gasteiger partial charge in [-0.2, -0.15) is 0 Å². The number of Topliss-reactive ketones (excluding diaryl/α,β-unsaturated/α-hetero) is 1. The molecule has 0 spiro atoms. The number of hydrogen-bond acceptors (Lipinski definition) is 9. The highest BCUT2D eigenvalue weighted by Gasteiger charge is 2.48. The average molecular weight is 620 g/mol. The number of amides is 1. The van der Waals surface area contributed by atoms with E-state index in [0.717, 1.165) is 36.2 Å². The zero-order valence-corrected chi connectivity index (χ0v) is 25.3. The maximum Gasteiger partial charge on any atom is 0.301 e. The van der Waals surface area contributed by atoms with Crippen molar-refractivity contribution in [2.24, 2.45) is 0 Å². The summed E-state index contributed by atoms with van der Waals surface area (Å²) in [6, 6.07) is 19.0. The first kappa shape index (κ1) is 30.2. The van der Waals surface area contributed by atoms with Crippen LogP contribution in [-0.2, 0) is 15.3 Å². The number of aromatic nitrogens is 2. The predicted molar refractivity (Wildman–Crippen MR) is 165 cm³/mol. The molecule has 1 aliphatic heterocycles. The van der Waals surface area contributed by atoms with Crippen LogP contribution in [0.5, 0.6) is 11.5 Å². The van der Waals surface area contributed by atoms with Gasteiger partial charge in [0.15, 0.2) is 4.34 Å². The van der Waals surface area contributed by atoms with Crippen molar-refractivity contribution in [2.75, 3.05) is 18.6 Å². The van der Waals surface area contributed by atoms with E-state index < -0.39 is 17.7 Å². The van der Waals surface area contributed by atoms with Gasteiger partial charge in [0, 0.05) is 11.3 Å². The molecular formula is C32H30FN3O5S2. The number of aliphatic hydroxyl groups excluding tert-OH is 1. The second-order valence-corrected chi connectivity index (χ2v) is 12.0. The number of ether oxygens (including phenoxy) is 2. The van der Waals surface area contributed by atoms with Crippen molar-refractivity contribution in [1.82, 2.24) is 10.2 Å². The van der Waals surface area contributed by atoms with Crippen molar-refractivity contribution >= 4 is 45.7 Å². The standard InChI is InChI=1S/C32H30FN3O5S2/c1-3-4-5-18-41-25-16-8-21(9-17-25)27-26(28(37)22-10-14-24(40-2)15-11-22)29(38)30(39)36(27)31-34-35-32(43-31)42-19-20-6-12-23(33)13-7-20/h6-17,27,37H,3-5,18-19H2,1-2H3/b28-26-. The maximum absolute atomic E-state index is 13.5. The number of benzene rings is 3. The Labute approximate surface area is 257 Å². The van der Waals surface area contributed by atoms with Gasteiger partial charge in [0.25, 0.3) is 5.78 Å². The lowest BCUT2D eigenvalue weighted by Gasteiger charge is -2.22. The molecule has 1 aromatic heterocycles. The van der Waals surface area contributed by atoms with Crippen molar-refractivity contribution in [2.45, 2.75) is 42.3 Å². The molecule has 1 aliphatic rings. The van der Waals surface area contributed by atoms with Crippen LogP contribution in [0.3, 0.4) is 0 Å². The van der Waals surface area contributed by atoms with Crippen LogP contribution in [-0.4, -0.2) is 40.7 Å². The Morgan fingerprint density at radius 3 is 2.35 bits per heavy atom. The van der Waals surface area contributed by atoms with Crippen LogP contribution in [0.2, 0.25) is 0 Å². The minimum atomic E-state index is -0.945. The Hall–Kier alpha value is -4.22. The first-order valence-electron chi connectivity index (χ1n) is 13.8. The van der Waals surface area contributed by atoms with Crippen LogP contribution in [0.4, 0.5) is 9.52 Å². The molecule has 5 rings (SSSR count). The molecule has 3 aromatic carbocycles. The number of carbonyl (C=O) groups excluding carboxylic acids is 2. The smallest absolute Gasteiger partial charge is 0.301 e. The minimum Gasteiger partial charge on any atom is -0.507 e. The summed E-state index contributed by atoms with van der Waals surface area (Å²) in [5, 5.41) is 20.1. The second-order valence-electron chi connectivity index (χ2n) is 9.79. The van der Waals surface area contributed by atoms with E-state index in [9.17, 15) is 19.1 Å². The van der Waals surface area contributed by atoms with E-state index in [1.165, 1.54) is 35.9 Å². The number of anilines is 1. The lowest BCUT2D eigenvalue weighted by Crippen LogP contribution is -2.29. The maximum atomic E-state index is 13.5. The highest BCUT2D eigenvalue weighted by atomic mass is 32.2. The molecule has 1 atom stereocenters. The fourth-order valence-corrected chi connectivity index (χ4v) is 6.45. The third kappa shape index (κ3) is 6.89. The molecule has 1 fully saturated rings. The number of halogens is 1. The summed E-state index contributed by atoms with van der Waals surface area (Å²) in [5.74, 6) is -0.476. The Kier molecular flexibility index (Phi) is 9.73. The number of hydrogen-bond donors (Lipinski definition) is 1. The third-order valence-corrected chi connectivity index (χ3v) is 9.02. The molecule has 222 valence electrons. The van der Waals surface area contributed by atoms with E-state index in [1.807, 2.05) is 0 Å². The minimum absolute atomic E-state index is 0.0532. The van der Waals surface area contributed by atoms with E-state index in [1.54, 1.807) is 60.7 Å². The van der Waals surface area contributed by atoms with E-state index in [0.29, 0.717) is 39.3 Å². The van der Waals surface area contributed by atoms with Crippen LogP contribution in [0.1, 0.15) is 48.9 Å². The molecule has 2 heterocycles. The molecule has 0 bridgehead atoms. The molecule has 43 heavy (non-hydrogen) atoms. The van der Waals surface area contributed by atoms with Crippen molar-refractivity contribution < 1.29 is 28.6 Å². The van der Waals surface area contributed by atoms with E-state index in [-0.39, 0.29) is 22.3 Å². The number of unbranched alkanes of at least 4 members (excludes halogenated alkanes) is 2.